The highest BCUT2D eigenvalue weighted by Crippen LogP contribution is 2.20. The molecule has 0 aromatic carbocycles. The van der Waals surface area contributed by atoms with E-state index in [9.17, 15) is 0 Å². The summed E-state index contributed by atoms with van der Waals surface area (Å²) in [6, 6.07) is 0. The van der Waals surface area contributed by atoms with E-state index in [1.54, 1.807) is 0 Å². The van der Waals surface area contributed by atoms with Gasteiger partial charge in [-0.1, -0.05) is 13.3 Å². The van der Waals surface area contributed by atoms with Crippen LogP contribution >= 0.6 is 0 Å². The molecule has 0 spiro atoms. The van der Waals surface area contributed by atoms with Crippen LogP contribution in [0.15, 0.2) is 6.20 Å². The first-order valence-corrected chi connectivity index (χ1v) is 6.86. The molecule has 0 amide bonds. The van der Waals surface area contributed by atoms with Crippen LogP contribution in [-0.2, 0) is 11.2 Å². The predicted octanol–water partition coefficient (Wildman–Crippen LogP) is 2.35. The van der Waals surface area contributed by atoms with Gasteiger partial charge in [-0.25, -0.2) is 9.97 Å². The van der Waals surface area contributed by atoms with Crippen LogP contribution in [0.25, 0.3) is 0 Å². The first kappa shape index (κ1) is 13.3. The highest BCUT2D eigenvalue weighted by molar-refractivity contribution is 5.45. The van der Waals surface area contributed by atoms with E-state index in [-0.39, 0.29) is 0 Å². The van der Waals surface area contributed by atoms with E-state index >= 15 is 0 Å². The summed E-state index contributed by atoms with van der Waals surface area (Å²) in [5.74, 6) is 1.91. The SMILES string of the molecule is CCCc1cnc(C)nc1N(C)CC1CCCO1. The normalized spacial score (nSPS) is 19.2. The summed E-state index contributed by atoms with van der Waals surface area (Å²) in [5.41, 5.74) is 1.24. The molecular weight excluding hydrogens is 226 g/mol. The van der Waals surface area contributed by atoms with Gasteiger partial charge in [0.2, 0.25) is 0 Å². The number of aromatic nitrogens is 2. The summed E-state index contributed by atoms with van der Waals surface area (Å²) in [6.45, 7) is 5.96. The lowest BCUT2D eigenvalue weighted by Gasteiger charge is -2.24. The van der Waals surface area contributed by atoms with E-state index in [2.05, 4.69) is 28.8 Å². The standard InChI is InChI=1S/C14H23N3O/c1-4-6-12-9-15-11(2)16-14(12)17(3)10-13-7-5-8-18-13/h9,13H,4-8,10H2,1-3H3. The maximum absolute atomic E-state index is 5.69. The largest absolute Gasteiger partial charge is 0.376 e. The van der Waals surface area contributed by atoms with Gasteiger partial charge in [0.25, 0.3) is 0 Å². The summed E-state index contributed by atoms with van der Waals surface area (Å²) >= 11 is 0. The second-order valence-corrected chi connectivity index (χ2v) is 5.03. The molecule has 4 heteroatoms. The Morgan fingerprint density at radius 1 is 1.50 bits per heavy atom. The van der Waals surface area contributed by atoms with E-state index in [4.69, 9.17) is 4.74 Å². The zero-order valence-electron chi connectivity index (χ0n) is 11.6. The van der Waals surface area contributed by atoms with Crippen molar-refractivity contribution in [3.05, 3.63) is 17.6 Å². The summed E-state index contributed by atoms with van der Waals surface area (Å²) < 4.78 is 5.69. The molecule has 2 heterocycles. The average Bonchev–Trinajstić information content (AvgIpc) is 2.84. The monoisotopic (exact) mass is 249 g/mol. The second-order valence-electron chi connectivity index (χ2n) is 5.03. The molecule has 0 bridgehead atoms. The molecule has 1 aliphatic heterocycles. The Bertz CT molecular complexity index is 389. The Morgan fingerprint density at radius 3 is 3.00 bits per heavy atom. The third kappa shape index (κ3) is 3.19. The minimum atomic E-state index is 0.361. The average molecular weight is 249 g/mol. The summed E-state index contributed by atoms with van der Waals surface area (Å²) in [5, 5.41) is 0. The molecule has 1 aliphatic rings. The van der Waals surface area contributed by atoms with Crippen molar-refractivity contribution in [2.45, 2.75) is 45.6 Å². The molecular formula is C14H23N3O. The van der Waals surface area contributed by atoms with Crippen molar-refractivity contribution in [3.8, 4) is 0 Å². The van der Waals surface area contributed by atoms with Crippen LogP contribution in [0.5, 0.6) is 0 Å². The topological polar surface area (TPSA) is 38.2 Å². The van der Waals surface area contributed by atoms with Gasteiger partial charge in [-0.15, -0.1) is 0 Å². The minimum absolute atomic E-state index is 0.361. The summed E-state index contributed by atoms with van der Waals surface area (Å²) in [7, 11) is 2.10. The van der Waals surface area contributed by atoms with Crippen LogP contribution < -0.4 is 4.90 Å². The van der Waals surface area contributed by atoms with Gasteiger partial charge < -0.3 is 9.64 Å². The zero-order valence-corrected chi connectivity index (χ0v) is 11.6. The van der Waals surface area contributed by atoms with Gasteiger partial charge in [0.1, 0.15) is 11.6 Å². The third-order valence-electron chi connectivity index (χ3n) is 3.34. The molecule has 1 atom stereocenters. The Morgan fingerprint density at radius 2 is 2.33 bits per heavy atom. The van der Waals surface area contributed by atoms with Gasteiger partial charge in [-0.3, -0.25) is 0 Å². The Kier molecular flexibility index (Phi) is 4.53. The fraction of sp³-hybridized carbons (Fsp3) is 0.714. The molecule has 1 aromatic rings. The Labute approximate surface area is 109 Å². The Balaban J connectivity index is 2.11. The van der Waals surface area contributed by atoms with Crippen LogP contribution in [0.3, 0.4) is 0 Å². The molecule has 1 aromatic heterocycles. The fourth-order valence-electron chi connectivity index (χ4n) is 2.44. The van der Waals surface area contributed by atoms with Gasteiger partial charge in [0.15, 0.2) is 0 Å². The first-order chi connectivity index (χ1) is 8.70. The van der Waals surface area contributed by atoms with Crippen LogP contribution in [-0.4, -0.2) is 36.3 Å². The molecule has 0 aliphatic carbocycles. The smallest absolute Gasteiger partial charge is 0.135 e. The summed E-state index contributed by atoms with van der Waals surface area (Å²) in [6.07, 6.45) is 6.83. The van der Waals surface area contributed by atoms with Gasteiger partial charge in [-0.2, -0.15) is 0 Å². The minimum Gasteiger partial charge on any atom is -0.376 e. The van der Waals surface area contributed by atoms with Crippen molar-refractivity contribution in [1.82, 2.24) is 9.97 Å². The van der Waals surface area contributed by atoms with E-state index in [0.29, 0.717) is 6.10 Å². The number of hydrogen-bond acceptors (Lipinski definition) is 4. The molecule has 2 rings (SSSR count). The van der Waals surface area contributed by atoms with Crippen LogP contribution in [0.4, 0.5) is 5.82 Å². The molecule has 0 N–H and O–H groups in total. The third-order valence-corrected chi connectivity index (χ3v) is 3.34. The van der Waals surface area contributed by atoms with Gasteiger partial charge in [0.05, 0.1) is 6.10 Å². The first-order valence-electron chi connectivity index (χ1n) is 6.86. The van der Waals surface area contributed by atoms with E-state index in [0.717, 1.165) is 44.1 Å². The van der Waals surface area contributed by atoms with Crippen molar-refractivity contribution >= 4 is 5.82 Å². The number of anilines is 1. The van der Waals surface area contributed by atoms with Gasteiger partial charge >= 0.3 is 0 Å². The van der Waals surface area contributed by atoms with Crippen LogP contribution in [0.2, 0.25) is 0 Å². The number of likely N-dealkylation sites (N-methyl/N-ethyl adjacent to an activating group) is 1. The van der Waals surface area contributed by atoms with Crippen molar-refractivity contribution < 1.29 is 4.74 Å². The van der Waals surface area contributed by atoms with Gasteiger partial charge in [-0.05, 0) is 26.2 Å². The maximum Gasteiger partial charge on any atom is 0.135 e. The number of ether oxygens (including phenoxy) is 1. The van der Waals surface area contributed by atoms with Crippen molar-refractivity contribution in [2.75, 3.05) is 25.1 Å². The molecule has 0 saturated carbocycles. The molecule has 100 valence electrons. The molecule has 1 fully saturated rings. The van der Waals surface area contributed by atoms with Crippen LogP contribution in [0, 0.1) is 6.92 Å². The highest BCUT2D eigenvalue weighted by Gasteiger charge is 2.19. The fourth-order valence-corrected chi connectivity index (χ4v) is 2.44. The second kappa shape index (κ2) is 6.14. The van der Waals surface area contributed by atoms with E-state index in [1.165, 1.54) is 12.0 Å². The molecule has 1 saturated heterocycles. The molecule has 18 heavy (non-hydrogen) atoms. The number of aryl methyl sites for hydroxylation is 2. The lowest BCUT2D eigenvalue weighted by atomic mass is 10.1. The number of hydrogen-bond donors (Lipinski definition) is 0. The molecule has 0 radical (unpaired) electrons. The molecule has 4 nitrogen and oxygen atoms in total. The van der Waals surface area contributed by atoms with Gasteiger partial charge in [0, 0.05) is 32.0 Å². The Hall–Kier alpha value is -1.16. The lowest BCUT2D eigenvalue weighted by Crippen LogP contribution is -2.30. The predicted molar refractivity (Wildman–Crippen MR) is 73.0 cm³/mol. The zero-order chi connectivity index (χ0) is 13.0. The molecule has 1 unspecified atom stereocenters. The van der Waals surface area contributed by atoms with Crippen LogP contribution in [0.1, 0.15) is 37.6 Å². The summed E-state index contributed by atoms with van der Waals surface area (Å²) in [4.78, 5) is 11.1. The maximum atomic E-state index is 5.69. The van der Waals surface area contributed by atoms with Crippen molar-refractivity contribution in [1.29, 1.82) is 0 Å². The quantitative estimate of drug-likeness (QED) is 0.803. The number of rotatable bonds is 5. The van der Waals surface area contributed by atoms with E-state index < -0.39 is 0 Å². The highest BCUT2D eigenvalue weighted by atomic mass is 16.5. The van der Waals surface area contributed by atoms with E-state index in [1.807, 2.05) is 13.1 Å². The number of nitrogens with zero attached hydrogens (tertiary/aromatic N) is 3. The van der Waals surface area contributed by atoms with Crippen molar-refractivity contribution in [3.63, 3.8) is 0 Å². The van der Waals surface area contributed by atoms with Crippen molar-refractivity contribution in [2.24, 2.45) is 0 Å². The lowest BCUT2D eigenvalue weighted by molar-refractivity contribution is 0.116.